The molecule has 0 radical (unpaired) electrons. The van der Waals surface area contributed by atoms with Crippen LogP contribution in [0.1, 0.15) is 46.5 Å². The third-order valence-electron chi connectivity index (χ3n) is 4.07. The van der Waals surface area contributed by atoms with Crippen LogP contribution in [0.25, 0.3) is 0 Å². The number of likely N-dealkylation sites (tertiary alicyclic amines) is 1. The van der Waals surface area contributed by atoms with Gasteiger partial charge < -0.3 is 15.3 Å². The quantitative estimate of drug-likeness (QED) is 0.575. The van der Waals surface area contributed by atoms with Gasteiger partial charge in [0.2, 0.25) is 5.91 Å². The normalized spacial score (nSPS) is 21.2. The third-order valence-corrected chi connectivity index (χ3v) is 4.07. The van der Waals surface area contributed by atoms with Crippen molar-refractivity contribution < 1.29 is 14.7 Å². The Balaban J connectivity index is 2.29. The summed E-state index contributed by atoms with van der Waals surface area (Å²) in [5, 5.41) is 11.6. The standard InChI is InChI=1S/C15H26N2O3/c1-11-7-4-5-9-17(11)10-6-8-16-14(18)12(2)13(3)15(19)20/h11H,4-10H2,1-3H3,(H,16,18)(H,19,20). The van der Waals surface area contributed by atoms with Crippen LogP contribution in [0, 0.1) is 0 Å². The zero-order valence-electron chi connectivity index (χ0n) is 12.7. The summed E-state index contributed by atoms with van der Waals surface area (Å²) in [4.78, 5) is 25.0. The van der Waals surface area contributed by atoms with Crippen molar-refractivity contribution in [2.75, 3.05) is 19.6 Å². The van der Waals surface area contributed by atoms with Crippen molar-refractivity contribution in [3.63, 3.8) is 0 Å². The second-order valence-electron chi connectivity index (χ2n) is 5.55. The van der Waals surface area contributed by atoms with Gasteiger partial charge in [-0.3, -0.25) is 4.79 Å². The first-order chi connectivity index (χ1) is 9.43. The van der Waals surface area contributed by atoms with E-state index in [1.165, 1.54) is 26.2 Å². The molecule has 1 saturated heterocycles. The van der Waals surface area contributed by atoms with E-state index in [0.29, 0.717) is 12.6 Å². The number of nitrogens with one attached hydrogen (secondary N) is 1. The van der Waals surface area contributed by atoms with E-state index < -0.39 is 5.97 Å². The summed E-state index contributed by atoms with van der Waals surface area (Å²) in [5.74, 6) is -1.32. The molecule has 5 heteroatoms. The Bertz CT molecular complexity index is 391. The first-order valence-electron chi connectivity index (χ1n) is 7.36. The maximum absolute atomic E-state index is 11.8. The van der Waals surface area contributed by atoms with Crippen molar-refractivity contribution in [3.05, 3.63) is 11.1 Å². The number of hydrogen-bond acceptors (Lipinski definition) is 3. The van der Waals surface area contributed by atoms with Gasteiger partial charge in [0.1, 0.15) is 0 Å². The molecular formula is C15H26N2O3. The first kappa shape index (κ1) is 16.7. The number of carboxylic acid groups (broad SMARTS) is 1. The lowest BCUT2D eigenvalue weighted by atomic mass is 10.0. The number of carbonyl (C=O) groups excluding carboxylic acids is 1. The fraction of sp³-hybridized carbons (Fsp3) is 0.733. The minimum atomic E-state index is -1.04. The largest absolute Gasteiger partial charge is 0.478 e. The number of carboxylic acids is 1. The maximum atomic E-state index is 11.8. The highest BCUT2D eigenvalue weighted by molar-refractivity contribution is 6.01. The van der Waals surface area contributed by atoms with Gasteiger partial charge in [-0.15, -0.1) is 0 Å². The van der Waals surface area contributed by atoms with E-state index in [0.717, 1.165) is 19.5 Å². The maximum Gasteiger partial charge on any atom is 0.331 e. The summed E-state index contributed by atoms with van der Waals surface area (Å²) in [6.45, 7) is 7.97. The number of rotatable bonds is 6. The minimum Gasteiger partial charge on any atom is -0.478 e. The number of nitrogens with zero attached hydrogens (tertiary/aromatic N) is 1. The molecule has 1 heterocycles. The molecule has 0 bridgehead atoms. The highest BCUT2D eigenvalue weighted by Gasteiger charge is 2.17. The molecule has 0 aromatic carbocycles. The lowest BCUT2D eigenvalue weighted by Gasteiger charge is -2.33. The van der Waals surface area contributed by atoms with Gasteiger partial charge in [-0.2, -0.15) is 0 Å². The number of aliphatic carboxylic acids is 1. The number of piperidine rings is 1. The Morgan fingerprint density at radius 1 is 1.25 bits per heavy atom. The predicted molar refractivity (Wildman–Crippen MR) is 78.5 cm³/mol. The van der Waals surface area contributed by atoms with Crippen LogP contribution < -0.4 is 5.32 Å². The molecule has 20 heavy (non-hydrogen) atoms. The molecule has 114 valence electrons. The zero-order valence-corrected chi connectivity index (χ0v) is 12.7. The fourth-order valence-corrected chi connectivity index (χ4v) is 2.44. The molecule has 1 fully saturated rings. The number of hydrogen-bond donors (Lipinski definition) is 2. The summed E-state index contributed by atoms with van der Waals surface area (Å²) >= 11 is 0. The zero-order chi connectivity index (χ0) is 15.1. The van der Waals surface area contributed by atoms with Gasteiger partial charge in [0.15, 0.2) is 0 Å². The van der Waals surface area contributed by atoms with Crippen molar-refractivity contribution >= 4 is 11.9 Å². The van der Waals surface area contributed by atoms with E-state index in [-0.39, 0.29) is 17.1 Å². The summed E-state index contributed by atoms with van der Waals surface area (Å²) in [6.07, 6.45) is 4.73. The lowest BCUT2D eigenvalue weighted by molar-refractivity contribution is -0.133. The minimum absolute atomic E-state index is 0.104. The SMILES string of the molecule is CC(C(=O)O)=C(C)C(=O)NCCCN1CCCCC1C. The monoisotopic (exact) mass is 282 g/mol. The Morgan fingerprint density at radius 3 is 2.55 bits per heavy atom. The Hall–Kier alpha value is -1.36. The number of amides is 1. The van der Waals surface area contributed by atoms with Crippen molar-refractivity contribution in [1.82, 2.24) is 10.2 Å². The smallest absolute Gasteiger partial charge is 0.331 e. The van der Waals surface area contributed by atoms with Crippen molar-refractivity contribution in [3.8, 4) is 0 Å². The molecular weight excluding hydrogens is 256 g/mol. The summed E-state index contributed by atoms with van der Waals surface area (Å²) in [6, 6.07) is 0.635. The van der Waals surface area contributed by atoms with Crippen LogP contribution in [-0.4, -0.2) is 47.6 Å². The third kappa shape index (κ3) is 4.96. The summed E-state index contributed by atoms with van der Waals surface area (Å²) < 4.78 is 0. The highest BCUT2D eigenvalue weighted by Crippen LogP contribution is 2.16. The van der Waals surface area contributed by atoms with Crippen LogP contribution in [0.15, 0.2) is 11.1 Å². The first-order valence-corrected chi connectivity index (χ1v) is 7.36. The molecule has 1 aliphatic heterocycles. The van der Waals surface area contributed by atoms with Crippen LogP contribution >= 0.6 is 0 Å². The van der Waals surface area contributed by atoms with Gasteiger partial charge >= 0.3 is 5.97 Å². The van der Waals surface area contributed by atoms with E-state index in [2.05, 4.69) is 17.1 Å². The van der Waals surface area contributed by atoms with Gasteiger partial charge in [0, 0.05) is 30.3 Å². The Labute approximate surface area is 121 Å². The van der Waals surface area contributed by atoms with Gasteiger partial charge in [0.25, 0.3) is 0 Å². The second kappa shape index (κ2) is 8.04. The average molecular weight is 282 g/mol. The molecule has 2 N–H and O–H groups in total. The molecule has 0 aliphatic carbocycles. The van der Waals surface area contributed by atoms with Gasteiger partial charge in [-0.05, 0) is 46.6 Å². The molecule has 0 aromatic rings. The second-order valence-corrected chi connectivity index (χ2v) is 5.55. The van der Waals surface area contributed by atoms with Crippen LogP contribution in [0.2, 0.25) is 0 Å². The molecule has 0 aromatic heterocycles. The topological polar surface area (TPSA) is 69.6 Å². The molecule has 1 rings (SSSR count). The average Bonchev–Trinajstić information content (AvgIpc) is 2.43. The fourth-order valence-electron chi connectivity index (χ4n) is 2.44. The van der Waals surface area contributed by atoms with Gasteiger partial charge in [-0.1, -0.05) is 6.42 Å². The number of carbonyl (C=O) groups is 2. The van der Waals surface area contributed by atoms with Gasteiger partial charge in [0.05, 0.1) is 0 Å². The van der Waals surface area contributed by atoms with Crippen LogP contribution in [0.5, 0.6) is 0 Å². The van der Waals surface area contributed by atoms with Gasteiger partial charge in [-0.25, -0.2) is 4.79 Å². The summed E-state index contributed by atoms with van der Waals surface area (Å²) in [5.41, 5.74) is 0.385. The lowest BCUT2D eigenvalue weighted by Crippen LogP contribution is -2.39. The molecule has 1 unspecified atom stereocenters. The molecule has 1 atom stereocenters. The molecule has 0 spiro atoms. The Kier molecular flexibility index (Phi) is 6.71. The molecule has 1 aliphatic rings. The molecule has 1 amide bonds. The predicted octanol–water partition coefficient (Wildman–Crippen LogP) is 1.79. The van der Waals surface area contributed by atoms with Crippen molar-refractivity contribution in [1.29, 1.82) is 0 Å². The van der Waals surface area contributed by atoms with E-state index in [9.17, 15) is 9.59 Å². The van der Waals surface area contributed by atoms with E-state index >= 15 is 0 Å². The Morgan fingerprint density at radius 2 is 1.95 bits per heavy atom. The van der Waals surface area contributed by atoms with Crippen molar-refractivity contribution in [2.24, 2.45) is 0 Å². The van der Waals surface area contributed by atoms with E-state index in [1.807, 2.05) is 0 Å². The summed E-state index contributed by atoms with van der Waals surface area (Å²) in [7, 11) is 0. The van der Waals surface area contributed by atoms with E-state index in [1.54, 1.807) is 6.92 Å². The van der Waals surface area contributed by atoms with E-state index in [4.69, 9.17) is 5.11 Å². The molecule has 0 saturated carbocycles. The highest BCUT2D eigenvalue weighted by atomic mass is 16.4. The van der Waals surface area contributed by atoms with Crippen molar-refractivity contribution in [2.45, 2.75) is 52.5 Å². The van der Waals surface area contributed by atoms with Crippen LogP contribution in [0.3, 0.4) is 0 Å². The van der Waals surface area contributed by atoms with Crippen LogP contribution in [0.4, 0.5) is 0 Å². The van der Waals surface area contributed by atoms with Crippen LogP contribution in [-0.2, 0) is 9.59 Å². The molecule has 5 nitrogen and oxygen atoms in total.